The number of amides is 2. The van der Waals surface area contributed by atoms with Crippen LogP contribution in [0.3, 0.4) is 0 Å². The Balaban J connectivity index is 1.30. The summed E-state index contributed by atoms with van der Waals surface area (Å²) in [6, 6.07) is 17.9. The second-order valence-corrected chi connectivity index (χ2v) is 9.50. The first kappa shape index (κ1) is 28.8. The van der Waals surface area contributed by atoms with Gasteiger partial charge in [0, 0.05) is 23.5 Å². The van der Waals surface area contributed by atoms with E-state index in [-0.39, 0.29) is 23.3 Å². The molecule has 8 nitrogen and oxygen atoms in total. The lowest BCUT2D eigenvalue weighted by atomic mass is 10.1. The number of methoxy groups -OCH3 is 1. The van der Waals surface area contributed by atoms with Gasteiger partial charge in [0.1, 0.15) is 5.75 Å². The second kappa shape index (κ2) is 13.7. The van der Waals surface area contributed by atoms with Gasteiger partial charge in [-0.3, -0.25) is 9.59 Å². The van der Waals surface area contributed by atoms with Crippen molar-refractivity contribution < 1.29 is 32.6 Å². The Morgan fingerprint density at radius 1 is 0.925 bits per heavy atom. The van der Waals surface area contributed by atoms with Crippen LogP contribution in [0, 0.1) is 5.92 Å². The molecule has 3 aromatic rings. The summed E-state index contributed by atoms with van der Waals surface area (Å²) >= 11 is 0. The number of hydrogen-bond donors (Lipinski definition) is 3. The minimum atomic E-state index is -2.95. The average Bonchev–Trinajstić information content (AvgIpc) is 3.79. The van der Waals surface area contributed by atoms with Gasteiger partial charge in [-0.25, -0.2) is 0 Å². The van der Waals surface area contributed by atoms with E-state index in [1.54, 1.807) is 67.8 Å². The summed E-state index contributed by atoms with van der Waals surface area (Å²) in [7, 11) is 1.56. The lowest BCUT2D eigenvalue weighted by Gasteiger charge is -2.18. The standard InChI is InChI=1S/C30H33F2N3O5/c1-3-25(33-17-20-6-15-26(40-30(31)32)27(16-20)39-18-19-4-5-19)29(37)35-23-11-9-22(10-12-23)34-28(36)21-7-13-24(38-2)14-8-21/h6-16,19,25,30,33H,3-5,17-18H2,1-2H3,(H,34,36)(H,35,37). The van der Waals surface area contributed by atoms with Gasteiger partial charge < -0.3 is 30.2 Å². The molecule has 40 heavy (non-hydrogen) atoms. The van der Waals surface area contributed by atoms with Crippen LogP contribution < -0.4 is 30.2 Å². The highest BCUT2D eigenvalue weighted by Crippen LogP contribution is 2.34. The molecule has 0 spiro atoms. The number of benzene rings is 3. The minimum Gasteiger partial charge on any atom is -0.497 e. The number of carbonyl (C=O) groups excluding carboxylic acids is 2. The molecule has 1 saturated carbocycles. The first-order chi connectivity index (χ1) is 19.3. The van der Waals surface area contributed by atoms with Gasteiger partial charge in [-0.15, -0.1) is 0 Å². The molecule has 3 N–H and O–H groups in total. The van der Waals surface area contributed by atoms with Gasteiger partial charge >= 0.3 is 6.61 Å². The lowest BCUT2D eigenvalue weighted by molar-refractivity contribution is -0.118. The zero-order chi connectivity index (χ0) is 28.5. The topological polar surface area (TPSA) is 97.9 Å². The lowest BCUT2D eigenvalue weighted by Crippen LogP contribution is -2.39. The van der Waals surface area contributed by atoms with Gasteiger partial charge in [-0.05, 0) is 91.4 Å². The normalized spacial score (nSPS) is 13.4. The number of nitrogens with one attached hydrogen (secondary N) is 3. The largest absolute Gasteiger partial charge is 0.497 e. The summed E-state index contributed by atoms with van der Waals surface area (Å²) in [5, 5.41) is 8.91. The van der Waals surface area contributed by atoms with Gasteiger partial charge in [-0.1, -0.05) is 13.0 Å². The summed E-state index contributed by atoms with van der Waals surface area (Å²) < 4.78 is 41.0. The number of halogens is 2. The minimum absolute atomic E-state index is 0.00665. The van der Waals surface area contributed by atoms with Crippen molar-refractivity contribution >= 4 is 23.2 Å². The first-order valence-electron chi connectivity index (χ1n) is 13.1. The van der Waals surface area contributed by atoms with Crippen LogP contribution in [0.15, 0.2) is 66.7 Å². The number of ether oxygens (including phenoxy) is 3. The molecule has 1 aliphatic rings. The van der Waals surface area contributed by atoms with Gasteiger partial charge in [0.2, 0.25) is 5.91 Å². The quantitative estimate of drug-likeness (QED) is 0.232. The van der Waals surface area contributed by atoms with Crippen LogP contribution in [0.2, 0.25) is 0 Å². The Morgan fingerprint density at radius 2 is 1.60 bits per heavy atom. The maximum absolute atomic E-state index is 12.9. The number of anilines is 2. The Labute approximate surface area is 232 Å². The van der Waals surface area contributed by atoms with Crippen molar-refractivity contribution in [2.75, 3.05) is 24.4 Å². The molecule has 0 radical (unpaired) electrons. The zero-order valence-electron chi connectivity index (χ0n) is 22.4. The fourth-order valence-electron chi connectivity index (χ4n) is 3.94. The van der Waals surface area contributed by atoms with Crippen LogP contribution in [0.25, 0.3) is 0 Å². The van der Waals surface area contributed by atoms with Crippen LogP contribution >= 0.6 is 0 Å². The second-order valence-electron chi connectivity index (χ2n) is 9.50. The predicted octanol–water partition coefficient (Wildman–Crippen LogP) is 5.84. The van der Waals surface area contributed by atoms with Gasteiger partial charge in [0.05, 0.1) is 19.8 Å². The Morgan fingerprint density at radius 3 is 2.20 bits per heavy atom. The van der Waals surface area contributed by atoms with Gasteiger partial charge in [0.15, 0.2) is 11.5 Å². The van der Waals surface area contributed by atoms with E-state index in [0.29, 0.717) is 48.2 Å². The Bertz CT molecular complexity index is 1280. The van der Waals surface area contributed by atoms with Crippen LogP contribution in [-0.2, 0) is 11.3 Å². The van der Waals surface area contributed by atoms with Crippen molar-refractivity contribution in [3.63, 3.8) is 0 Å². The van der Waals surface area contributed by atoms with Crippen molar-refractivity contribution in [2.45, 2.75) is 45.4 Å². The van der Waals surface area contributed by atoms with Gasteiger partial charge in [-0.2, -0.15) is 8.78 Å². The number of rotatable bonds is 14. The Kier molecular flexibility index (Phi) is 9.91. The molecule has 0 heterocycles. The summed E-state index contributed by atoms with van der Waals surface area (Å²) in [6.07, 6.45) is 2.67. The van der Waals surface area contributed by atoms with Gasteiger partial charge in [0.25, 0.3) is 5.91 Å². The molecule has 1 atom stereocenters. The molecule has 0 bridgehead atoms. The third-order valence-electron chi connectivity index (χ3n) is 6.44. The summed E-state index contributed by atoms with van der Waals surface area (Å²) in [5.74, 6) is 0.894. The highest BCUT2D eigenvalue weighted by atomic mass is 19.3. The highest BCUT2D eigenvalue weighted by Gasteiger charge is 2.23. The molecule has 0 aromatic heterocycles. The molecule has 10 heteroatoms. The average molecular weight is 554 g/mol. The molecule has 1 aliphatic carbocycles. The number of carbonyl (C=O) groups is 2. The molecule has 212 valence electrons. The molecule has 3 aromatic carbocycles. The van der Waals surface area contributed by atoms with E-state index in [1.165, 1.54) is 6.07 Å². The van der Waals surface area contributed by atoms with Crippen molar-refractivity contribution in [2.24, 2.45) is 5.92 Å². The van der Waals surface area contributed by atoms with Crippen molar-refractivity contribution in [3.05, 3.63) is 77.9 Å². The smallest absolute Gasteiger partial charge is 0.387 e. The molecule has 4 rings (SSSR count). The fraction of sp³-hybridized carbons (Fsp3) is 0.333. The maximum Gasteiger partial charge on any atom is 0.387 e. The van der Waals surface area contributed by atoms with Crippen LogP contribution in [0.5, 0.6) is 17.2 Å². The highest BCUT2D eigenvalue weighted by molar-refractivity contribution is 6.04. The Hall–Kier alpha value is -4.18. The molecular weight excluding hydrogens is 520 g/mol. The van der Waals surface area contributed by atoms with E-state index >= 15 is 0 Å². The summed E-state index contributed by atoms with van der Waals surface area (Å²) in [5.41, 5.74) is 2.43. The predicted molar refractivity (Wildman–Crippen MR) is 148 cm³/mol. The SMILES string of the molecule is CCC(NCc1ccc(OC(F)F)c(OCC2CC2)c1)C(=O)Nc1ccc(NC(=O)c2ccc(OC)cc2)cc1. The zero-order valence-corrected chi connectivity index (χ0v) is 22.4. The monoisotopic (exact) mass is 553 g/mol. The third kappa shape index (κ3) is 8.41. The number of hydrogen-bond acceptors (Lipinski definition) is 6. The van der Waals surface area contributed by atoms with Crippen LogP contribution in [0.4, 0.5) is 20.2 Å². The van der Waals surface area contributed by atoms with Crippen LogP contribution in [0.1, 0.15) is 42.1 Å². The molecule has 0 saturated heterocycles. The molecule has 0 aliphatic heterocycles. The van der Waals surface area contributed by atoms with E-state index in [4.69, 9.17) is 9.47 Å². The summed E-state index contributed by atoms with van der Waals surface area (Å²) in [6.45, 7) is -0.268. The third-order valence-corrected chi connectivity index (χ3v) is 6.44. The van der Waals surface area contributed by atoms with Crippen molar-refractivity contribution in [3.8, 4) is 17.2 Å². The fourth-order valence-corrected chi connectivity index (χ4v) is 3.94. The molecule has 1 unspecified atom stereocenters. The van der Waals surface area contributed by atoms with E-state index in [1.807, 2.05) is 6.92 Å². The van der Waals surface area contributed by atoms with E-state index < -0.39 is 12.7 Å². The number of alkyl halides is 2. The molecule has 1 fully saturated rings. The van der Waals surface area contributed by atoms with Crippen LogP contribution in [-0.4, -0.2) is 38.2 Å². The van der Waals surface area contributed by atoms with Crippen molar-refractivity contribution in [1.29, 1.82) is 0 Å². The molecular formula is C30H33F2N3O5. The van der Waals surface area contributed by atoms with E-state index in [0.717, 1.165) is 18.4 Å². The summed E-state index contributed by atoms with van der Waals surface area (Å²) in [4.78, 5) is 25.4. The molecule has 2 amide bonds. The maximum atomic E-state index is 12.9. The van der Waals surface area contributed by atoms with E-state index in [9.17, 15) is 18.4 Å². The van der Waals surface area contributed by atoms with Crippen molar-refractivity contribution in [1.82, 2.24) is 5.32 Å². The van der Waals surface area contributed by atoms with E-state index in [2.05, 4.69) is 20.7 Å². The first-order valence-corrected chi connectivity index (χ1v) is 13.1.